The largest absolute Gasteiger partial charge is 0.381 e. The summed E-state index contributed by atoms with van der Waals surface area (Å²) < 4.78 is 45.1. The first kappa shape index (κ1) is 15.8. The van der Waals surface area contributed by atoms with Crippen molar-refractivity contribution in [3.05, 3.63) is 34.1 Å². The van der Waals surface area contributed by atoms with Crippen LogP contribution in [0.15, 0.2) is 23.1 Å². The van der Waals surface area contributed by atoms with Crippen LogP contribution in [0, 0.1) is 21.8 Å². The molecular formula is C12H15FN2O5S. The Labute approximate surface area is 121 Å². The maximum Gasteiger partial charge on any atom is 0.304 e. The Morgan fingerprint density at radius 3 is 2.62 bits per heavy atom. The molecule has 0 atom stereocenters. The van der Waals surface area contributed by atoms with Crippen LogP contribution in [0.2, 0.25) is 0 Å². The predicted octanol–water partition coefficient (Wildman–Crippen LogP) is 1.44. The Hall–Kier alpha value is -1.58. The van der Waals surface area contributed by atoms with E-state index in [0.717, 1.165) is 25.0 Å². The molecule has 0 aliphatic carbocycles. The van der Waals surface area contributed by atoms with Gasteiger partial charge in [-0.3, -0.25) is 10.1 Å². The third-order valence-electron chi connectivity index (χ3n) is 3.33. The molecular weight excluding hydrogens is 303 g/mol. The molecule has 1 saturated heterocycles. The van der Waals surface area contributed by atoms with E-state index in [-0.39, 0.29) is 17.4 Å². The third kappa shape index (κ3) is 3.96. The lowest BCUT2D eigenvalue weighted by atomic mass is 10.0. The lowest BCUT2D eigenvalue weighted by Gasteiger charge is -2.22. The minimum atomic E-state index is -3.88. The maximum absolute atomic E-state index is 13.5. The first-order valence-electron chi connectivity index (χ1n) is 6.41. The van der Waals surface area contributed by atoms with Crippen LogP contribution >= 0.6 is 0 Å². The van der Waals surface area contributed by atoms with Crippen molar-refractivity contribution in [2.24, 2.45) is 5.92 Å². The van der Waals surface area contributed by atoms with Gasteiger partial charge in [0.2, 0.25) is 15.8 Å². The molecule has 0 spiro atoms. The second-order valence-electron chi connectivity index (χ2n) is 4.78. The van der Waals surface area contributed by atoms with Crippen molar-refractivity contribution in [1.82, 2.24) is 4.72 Å². The van der Waals surface area contributed by atoms with Crippen LogP contribution in [0.1, 0.15) is 12.8 Å². The molecule has 0 radical (unpaired) electrons. The van der Waals surface area contributed by atoms with Gasteiger partial charge in [0.1, 0.15) is 0 Å². The number of ether oxygens (including phenoxy) is 1. The number of rotatable bonds is 5. The Bertz CT molecular complexity index is 629. The number of hydrogen-bond donors (Lipinski definition) is 1. The molecule has 0 bridgehead atoms. The zero-order chi connectivity index (χ0) is 15.5. The third-order valence-corrected chi connectivity index (χ3v) is 4.75. The highest BCUT2D eigenvalue weighted by Crippen LogP contribution is 2.21. The normalized spacial score (nSPS) is 16.8. The number of nitro groups is 1. The van der Waals surface area contributed by atoms with E-state index in [1.165, 1.54) is 0 Å². The van der Waals surface area contributed by atoms with Crippen molar-refractivity contribution >= 4 is 15.7 Å². The standard InChI is InChI=1S/C12H15FN2O5S/c13-11-7-10(1-2-12(11)15(16)17)21(18,19)14-8-9-3-5-20-6-4-9/h1-2,7,9,14H,3-6,8H2. The van der Waals surface area contributed by atoms with Crippen molar-refractivity contribution < 1.29 is 22.5 Å². The first-order chi connectivity index (χ1) is 9.90. The molecule has 1 fully saturated rings. The van der Waals surface area contributed by atoms with E-state index in [4.69, 9.17) is 4.74 Å². The van der Waals surface area contributed by atoms with Gasteiger partial charge in [-0.2, -0.15) is 4.39 Å². The molecule has 7 nitrogen and oxygen atoms in total. The van der Waals surface area contributed by atoms with Gasteiger partial charge in [0.25, 0.3) is 0 Å². The second kappa shape index (κ2) is 6.46. The van der Waals surface area contributed by atoms with E-state index in [2.05, 4.69) is 4.72 Å². The molecule has 1 aliphatic heterocycles. The Morgan fingerprint density at radius 2 is 2.05 bits per heavy atom. The molecule has 116 valence electrons. The number of hydrogen-bond acceptors (Lipinski definition) is 5. The summed E-state index contributed by atoms with van der Waals surface area (Å²) in [5.74, 6) is -0.995. The number of nitrogens with one attached hydrogen (secondary N) is 1. The topological polar surface area (TPSA) is 98.5 Å². The molecule has 1 aromatic carbocycles. The van der Waals surface area contributed by atoms with Crippen LogP contribution in [-0.4, -0.2) is 33.1 Å². The van der Waals surface area contributed by atoms with Crippen molar-refractivity contribution in [2.75, 3.05) is 19.8 Å². The molecule has 0 aromatic heterocycles. The number of halogens is 1. The minimum absolute atomic E-state index is 0.177. The van der Waals surface area contributed by atoms with Gasteiger partial charge in [0, 0.05) is 31.9 Å². The highest BCUT2D eigenvalue weighted by Gasteiger charge is 2.22. The second-order valence-corrected chi connectivity index (χ2v) is 6.54. The van der Waals surface area contributed by atoms with Gasteiger partial charge in [0.15, 0.2) is 0 Å². The summed E-state index contributed by atoms with van der Waals surface area (Å²) in [6, 6.07) is 2.52. The lowest BCUT2D eigenvalue weighted by molar-refractivity contribution is -0.387. The summed E-state index contributed by atoms with van der Waals surface area (Å²) in [5, 5.41) is 10.5. The molecule has 1 aliphatic rings. The average molecular weight is 318 g/mol. The molecule has 1 aromatic rings. The molecule has 1 heterocycles. The fourth-order valence-corrected chi connectivity index (χ4v) is 3.19. The quantitative estimate of drug-likeness (QED) is 0.654. The van der Waals surface area contributed by atoms with Gasteiger partial charge < -0.3 is 4.74 Å². The number of nitrogens with zero attached hydrogens (tertiary/aromatic N) is 1. The van der Waals surface area contributed by atoms with E-state index in [1.807, 2.05) is 0 Å². The van der Waals surface area contributed by atoms with Crippen molar-refractivity contribution in [3.8, 4) is 0 Å². The van der Waals surface area contributed by atoms with Crippen LogP contribution in [0.25, 0.3) is 0 Å². The molecule has 0 amide bonds. The van der Waals surface area contributed by atoms with Crippen molar-refractivity contribution in [2.45, 2.75) is 17.7 Å². The monoisotopic (exact) mass is 318 g/mol. The fraction of sp³-hybridized carbons (Fsp3) is 0.500. The Morgan fingerprint density at radius 1 is 1.38 bits per heavy atom. The smallest absolute Gasteiger partial charge is 0.304 e. The van der Waals surface area contributed by atoms with Crippen LogP contribution < -0.4 is 4.72 Å². The van der Waals surface area contributed by atoms with Gasteiger partial charge in [-0.1, -0.05) is 0 Å². The molecule has 1 N–H and O–H groups in total. The first-order valence-corrected chi connectivity index (χ1v) is 7.90. The Balaban J connectivity index is 2.08. The average Bonchev–Trinajstić information content (AvgIpc) is 2.46. The summed E-state index contributed by atoms with van der Waals surface area (Å²) >= 11 is 0. The Kier molecular flexibility index (Phi) is 4.86. The minimum Gasteiger partial charge on any atom is -0.381 e. The van der Waals surface area contributed by atoms with E-state index >= 15 is 0 Å². The SMILES string of the molecule is O=[N+]([O-])c1ccc(S(=O)(=O)NCC2CCOCC2)cc1F. The highest BCUT2D eigenvalue weighted by atomic mass is 32.2. The van der Waals surface area contributed by atoms with Crippen LogP contribution in [0.3, 0.4) is 0 Å². The molecule has 0 unspecified atom stereocenters. The van der Waals surface area contributed by atoms with E-state index in [9.17, 15) is 22.9 Å². The van der Waals surface area contributed by atoms with Crippen LogP contribution in [0.5, 0.6) is 0 Å². The molecule has 9 heteroatoms. The molecule has 0 saturated carbocycles. The summed E-state index contributed by atoms with van der Waals surface area (Å²) in [5.41, 5.74) is -0.752. The highest BCUT2D eigenvalue weighted by molar-refractivity contribution is 7.89. The van der Waals surface area contributed by atoms with Crippen LogP contribution in [-0.2, 0) is 14.8 Å². The van der Waals surface area contributed by atoms with Gasteiger partial charge in [-0.25, -0.2) is 13.1 Å². The maximum atomic E-state index is 13.5. The zero-order valence-electron chi connectivity index (χ0n) is 11.1. The summed E-state index contributed by atoms with van der Waals surface area (Å²) in [7, 11) is -3.88. The summed E-state index contributed by atoms with van der Waals surface area (Å²) in [6.45, 7) is 1.43. The summed E-state index contributed by atoms with van der Waals surface area (Å²) in [6.07, 6.45) is 1.52. The van der Waals surface area contributed by atoms with Gasteiger partial charge in [-0.05, 0) is 24.8 Å². The lowest BCUT2D eigenvalue weighted by Crippen LogP contribution is -2.32. The molecule has 21 heavy (non-hydrogen) atoms. The van der Waals surface area contributed by atoms with Gasteiger partial charge in [0.05, 0.1) is 9.82 Å². The number of nitro benzene ring substituents is 1. The fourth-order valence-electron chi connectivity index (χ4n) is 2.06. The molecule has 2 rings (SSSR count). The van der Waals surface area contributed by atoms with Crippen molar-refractivity contribution in [3.63, 3.8) is 0 Å². The van der Waals surface area contributed by atoms with Gasteiger partial charge in [-0.15, -0.1) is 0 Å². The predicted molar refractivity (Wildman–Crippen MR) is 71.8 cm³/mol. The number of benzene rings is 1. The van der Waals surface area contributed by atoms with E-state index in [1.54, 1.807) is 0 Å². The zero-order valence-corrected chi connectivity index (χ0v) is 11.9. The number of sulfonamides is 1. The van der Waals surface area contributed by atoms with Gasteiger partial charge >= 0.3 is 5.69 Å². The van der Waals surface area contributed by atoms with E-state index < -0.39 is 26.5 Å². The van der Waals surface area contributed by atoms with Crippen molar-refractivity contribution in [1.29, 1.82) is 0 Å². The van der Waals surface area contributed by atoms with Crippen LogP contribution in [0.4, 0.5) is 10.1 Å². The van der Waals surface area contributed by atoms with E-state index in [0.29, 0.717) is 19.3 Å². The summed E-state index contributed by atoms with van der Waals surface area (Å²) in [4.78, 5) is 9.28.